The van der Waals surface area contributed by atoms with E-state index in [2.05, 4.69) is 10.7 Å². The van der Waals surface area contributed by atoms with Gasteiger partial charge in [-0.05, 0) is 42.7 Å². The Kier molecular flexibility index (Phi) is 9.58. The topological polar surface area (TPSA) is 128 Å². The smallest absolute Gasteiger partial charge is 0.324 e. The minimum Gasteiger partial charge on any atom is -0.324 e. The van der Waals surface area contributed by atoms with Crippen molar-refractivity contribution in [2.45, 2.75) is 52.0 Å². The van der Waals surface area contributed by atoms with Gasteiger partial charge >= 0.3 is 6.03 Å². The van der Waals surface area contributed by atoms with Crippen molar-refractivity contribution in [3.05, 3.63) is 71.8 Å². The first-order valence-corrected chi connectivity index (χ1v) is 12.3. The number of nitrogens with one attached hydrogen (secondary N) is 3. The maximum atomic E-state index is 13.3. The van der Waals surface area contributed by atoms with E-state index < -0.39 is 41.6 Å². The molecule has 0 saturated carbocycles. The second-order valence-corrected chi connectivity index (χ2v) is 9.54. The van der Waals surface area contributed by atoms with Gasteiger partial charge in [0.2, 0.25) is 11.8 Å². The molecule has 36 heavy (non-hydrogen) atoms. The SMILES string of the molecule is CC(C)CC(C(=O)NN1C(=O)NC(Cc2ccccc2)C1=O)C(CCCc1ccccc1)C(=O)NO. The average Bonchev–Trinajstić information content (AvgIpc) is 3.13. The van der Waals surface area contributed by atoms with E-state index in [1.165, 1.54) is 0 Å². The summed E-state index contributed by atoms with van der Waals surface area (Å²) in [6, 6.07) is 17.5. The van der Waals surface area contributed by atoms with Gasteiger partial charge in [-0.1, -0.05) is 74.5 Å². The molecule has 9 nitrogen and oxygen atoms in total. The van der Waals surface area contributed by atoms with Crippen LogP contribution in [0.25, 0.3) is 0 Å². The van der Waals surface area contributed by atoms with Crippen LogP contribution in [0.3, 0.4) is 0 Å². The molecule has 192 valence electrons. The summed E-state index contributed by atoms with van der Waals surface area (Å²) in [6.07, 6.45) is 2.31. The molecule has 0 aliphatic carbocycles. The van der Waals surface area contributed by atoms with Crippen LogP contribution in [0.15, 0.2) is 60.7 Å². The van der Waals surface area contributed by atoms with E-state index in [-0.39, 0.29) is 5.92 Å². The summed E-state index contributed by atoms with van der Waals surface area (Å²) in [5.74, 6) is -3.46. The fraction of sp³-hybridized carbons (Fsp3) is 0.407. The molecule has 0 bridgehead atoms. The van der Waals surface area contributed by atoms with Gasteiger partial charge in [0.05, 0.1) is 11.8 Å². The lowest BCUT2D eigenvalue weighted by molar-refractivity contribution is -0.144. The lowest BCUT2D eigenvalue weighted by atomic mass is 9.81. The number of amides is 5. The fourth-order valence-electron chi connectivity index (χ4n) is 4.55. The highest BCUT2D eigenvalue weighted by atomic mass is 16.5. The normalized spacial score (nSPS) is 17.0. The second kappa shape index (κ2) is 12.8. The van der Waals surface area contributed by atoms with Crippen LogP contribution in [0.1, 0.15) is 44.2 Å². The molecule has 2 aromatic rings. The van der Waals surface area contributed by atoms with Crippen molar-refractivity contribution >= 4 is 23.8 Å². The summed E-state index contributed by atoms with van der Waals surface area (Å²) in [4.78, 5) is 51.4. The van der Waals surface area contributed by atoms with E-state index >= 15 is 0 Å². The van der Waals surface area contributed by atoms with Crippen LogP contribution in [0, 0.1) is 17.8 Å². The number of aryl methyl sites for hydroxylation is 1. The van der Waals surface area contributed by atoms with Crippen molar-refractivity contribution in [2.75, 3.05) is 0 Å². The monoisotopic (exact) mass is 494 g/mol. The Morgan fingerprint density at radius 3 is 2.14 bits per heavy atom. The van der Waals surface area contributed by atoms with Gasteiger partial charge in [0, 0.05) is 6.42 Å². The summed E-state index contributed by atoms with van der Waals surface area (Å²) in [7, 11) is 0. The highest BCUT2D eigenvalue weighted by molar-refractivity contribution is 6.05. The molecule has 5 amide bonds. The van der Waals surface area contributed by atoms with Gasteiger partial charge in [-0.3, -0.25) is 25.0 Å². The zero-order valence-electron chi connectivity index (χ0n) is 20.6. The first kappa shape index (κ1) is 26.9. The zero-order chi connectivity index (χ0) is 26.1. The predicted molar refractivity (Wildman–Crippen MR) is 133 cm³/mol. The van der Waals surface area contributed by atoms with Gasteiger partial charge in [0.25, 0.3) is 5.91 Å². The highest BCUT2D eigenvalue weighted by Crippen LogP contribution is 2.27. The molecule has 3 unspecified atom stereocenters. The van der Waals surface area contributed by atoms with Gasteiger partial charge in [-0.15, -0.1) is 0 Å². The summed E-state index contributed by atoms with van der Waals surface area (Å²) in [5.41, 5.74) is 6.11. The third kappa shape index (κ3) is 7.14. The molecule has 9 heteroatoms. The molecule has 3 rings (SSSR count). The van der Waals surface area contributed by atoms with Crippen LogP contribution in [-0.2, 0) is 27.2 Å². The molecule has 1 aliphatic heterocycles. The molecule has 4 N–H and O–H groups in total. The molecular formula is C27H34N4O5. The molecule has 1 aliphatic rings. The lowest BCUT2D eigenvalue weighted by Crippen LogP contribution is -2.51. The first-order valence-electron chi connectivity index (χ1n) is 12.3. The van der Waals surface area contributed by atoms with Crippen LogP contribution >= 0.6 is 0 Å². The minimum absolute atomic E-state index is 0.0535. The average molecular weight is 495 g/mol. The van der Waals surface area contributed by atoms with E-state index in [9.17, 15) is 24.4 Å². The maximum absolute atomic E-state index is 13.3. The van der Waals surface area contributed by atoms with Crippen molar-refractivity contribution < 1.29 is 24.4 Å². The van der Waals surface area contributed by atoms with Gasteiger partial charge in [0.1, 0.15) is 6.04 Å². The van der Waals surface area contributed by atoms with Crippen LogP contribution in [0.2, 0.25) is 0 Å². The number of rotatable bonds is 12. The van der Waals surface area contributed by atoms with Crippen LogP contribution < -0.4 is 16.2 Å². The van der Waals surface area contributed by atoms with Gasteiger partial charge in [0.15, 0.2) is 0 Å². The van der Waals surface area contributed by atoms with Crippen LogP contribution in [0.4, 0.5) is 4.79 Å². The van der Waals surface area contributed by atoms with Crippen molar-refractivity contribution in [3.63, 3.8) is 0 Å². The number of nitrogens with zero attached hydrogens (tertiary/aromatic N) is 1. The quantitative estimate of drug-likeness (QED) is 0.205. The van der Waals surface area contributed by atoms with E-state index in [0.29, 0.717) is 37.1 Å². The summed E-state index contributed by atoms with van der Waals surface area (Å²) < 4.78 is 0. The molecule has 2 aromatic carbocycles. The molecule has 0 radical (unpaired) electrons. The van der Waals surface area contributed by atoms with Gasteiger partial charge in [-0.2, -0.15) is 5.01 Å². The number of carbonyl (C=O) groups is 4. The zero-order valence-corrected chi connectivity index (χ0v) is 20.6. The second-order valence-electron chi connectivity index (χ2n) is 9.54. The van der Waals surface area contributed by atoms with Crippen LogP contribution in [0.5, 0.6) is 0 Å². The lowest BCUT2D eigenvalue weighted by Gasteiger charge is -2.27. The molecular weight excluding hydrogens is 460 g/mol. The molecule has 1 heterocycles. The van der Waals surface area contributed by atoms with Crippen molar-refractivity contribution in [3.8, 4) is 0 Å². The summed E-state index contributed by atoms with van der Waals surface area (Å²) in [5, 5.41) is 12.7. The third-order valence-electron chi connectivity index (χ3n) is 6.34. The minimum atomic E-state index is -0.846. The Bertz CT molecular complexity index is 1040. The van der Waals surface area contributed by atoms with Crippen molar-refractivity contribution in [1.82, 2.24) is 21.2 Å². The largest absolute Gasteiger partial charge is 0.344 e. The fourth-order valence-corrected chi connectivity index (χ4v) is 4.55. The molecule has 3 atom stereocenters. The van der Waals surface area contributed by atoms with Gasteiger partial charge < -0.3 is 5.32 Å². The number of hydroxylamine groups is 1. The highest BCUT2D eigenvalue weighted by Gasteiger charge is 2.42. The van der Waals surface area contributed by atoms with Crippen molar-refractivity contribution in [2.24, 2.45) is 17.8 Å². The van der Waals surface area contributed by atoms with E-state index in [1.54, 1.807) is 5.48 Å². The molecule has 1 fully saturated rings. The Balaban J connectivity index is 1.70. The van der Waals surface area contributed by atoms with Gasteiger partial charge in [-0.25, -0.2) is 10.3 Å². The number of benzene rings is 2. The molecule has 0 aromatic heterocycles. The number of urea groups is 1. The number of hydrogen-bond acceptors (Lipinski definition) is 5. The Hall–Kier alpha value is -3.72. The first-order chi connectivity index (χ1) is 17.3. The molecule has 0 spiro atoms. The van der Waals surface area contributed by atoms with E-state index in [1.807, 2.05) is 74.5 Å². The number of carbonyl (C=O) groups excluding carboxylic acids is 4. The number of hydrazine groups is 1. The number of imide groups is 1. The summed E-state index contributed by atoms with van der Waals surface area (Å²) in [6.45, 7) is 3.84. The third-order valence-corrected chi connectivity index (χ3v) is 6.34. The summed E-state index contributed by atoms with van der Waals surface area (Å²) >= 11 is 0. The van der Waals surface area contributed by atoms with Crippen molar-refractivity contribution in [1.29, 1.82) is 0 Å². The number of hydrogen-bond donors (Lipinski definition) is 4. The predicted octanol–water partition coefficient (Wildman–Crippen LogP) is 2.99. The Morgan fingerprint density at radius 1 is 0.944 bits per heavy atom. The van der Waals surface area contributed by atoms with Crippen LogP contribution in [-0.4, -0.2) is 40.0 Å². The van der Waals surface area contributed by atoms with E-state index in [4.69, 9.17) is 0 Å². The molecule has 1 saturated heterocycles. The maximum Gasteiger partial charge on any atom is 0.344 e. The Morgan fingerprint density at radius 2 is 1.56 bits per heavy atom. The van der Waals surface area contributed by atoms with E-state index in [0.717, 1.165) is 11.1 Å². The Labute approximate surface area is 211 Å². The standard InChI is InChI=1S/C27H34N4O5/c1-18(2)16-22(21(25(33)30-36)15-9-14-19-10-5-3-6-11-19)24(32)29-31-26(34)23(28-27(31)35)17-20-12-7-4-8-13-20/h3-8,10-13,18,21-23,36H,9,14-17H2,1-2H3,(H,28,35)(H,29,32)(H,30,33).